The fourth-order valence-corrected chi connectivity index (χ4v) is 0.607. The third kappa shape index (κ3) is 4.33. The van der Waals surface area contributed by atoms with E-state index in [0.717, 1.165) is 0 Å². The molecular formula is C9H13F3O3. The molecular weight excluding hydrogens is 213 g/mol. The van der Waals surface area contributed by atoms with E-state index in [2.05, 4.69) is 11.3 Å². The molecule has 0 saturated heterocycles. The van der Waals surface area contributed by atoms with Crippen LogP contribution in [0, 0.1) is 0 Å². The highest BCUT2D eigenvalue weighted by Crippen LogP contribution is 2.32. The Morgan fingerprint density at radius 3 is 2.27 bits per heavy atom. The molecule has 0 aliphatic heterocycles. The molecule has 0 fully saturated rings. The molecule has 0 aromatic carbocycles. The molecule has 15 heavy (non-hydrogen) atoms. The van der Waals surface area contributed by atoms with Gasteiger partial charge in [-0.2, -0.15) is 13.2 Å². The molecule has 3 nitrogen and oxygen atoms in total. The lowest BCUT2D eigenvalue weighted by Gasteiger charge is -2.25. The number of rotatable bonds is 4. The Kier molecular flexibility index (Phi) is 4.33. The fourth-order valence-electron chi connectivity index (χ4n) is 0.607. The average Bonchev–Trinajstić information content (AvgIpc) is 2.01. The number of hydrogen-bond acceptors (Lipinski definition) is 3. The summed E-state index contributed by atoms with van der Waals surface area (Å²) < 4.78 is 40.8. The van der Waals surface area contributed by atoms with Crippen LogP contribution < -0.4 is 0 Å². The average molecular weight is 226 g/mol. The van der Waals surface area contributed by atoms with E-state index in [9.17, 15) is 18.0 Å². The number of carbonyl (C=O) groups is 1. The van der Waals surface area contributed by atoms with E-state index in [1.54, 1.807) is 0 Å². The second kappa shape index (κ2) is 4.65. The van der Waals surface area contributed by atoms with E-state index in [-0.39, 0.29) is 5.57 Å². The van der Waals surface area contributed by atoms with Crippen molar-refractivity contribution in [2.24, 2.45) is 0 Å². The third-order valence-electron chi connectivity index (χ3n) is 1.78. The standard InChI is InChI=1S/C9H13F3O3/c1-6(2)7(13)15-5-4-8(3,14)9(10,11)12/h14H,1,4-5H2,2-3H3. The molecule has 6 heteroatoms. The molecule has 88 valence electrons. The summed E-state index contributed by atoms with van der Waals surface area (Å²) in [6.45, 7) is 4.76. The minimum atomic E-state index is -4.73. The van der Waals surface area contributed by atoms with E-state index in [4.69, 9.17) is 5.11 Å². The summed E-state index contributed by atoms with van der Waals surface area (Å²) in [6.07, 6.45) is -5.43. The normalized spacial score (nSPS) is 15.6. The molecule has 0 aliphatic rings. The van der Waals surface area contributed by atoms with Crippen molar-refractivity contribution in [3.8, 4) is 0 Å². The highest BCUT2D eigenvalue weighted by molar-refractivity contribution is 5.86. The Morgan fingerprint density at radius 2 is 1.93 bits per heavy atom. The SMILES string of the molecule is C=C(C)C(=O)OCCC(C)(O)C(F)(F)F. The van der Waals surface area contributed by atoms with Gasteiger partial charge >= 0.3 is 12.1 Å². The lowest BCUT2D eigenvalue weighted by Crippen LogP contribution is -2.43. The van der Waals surface area contributed by atoms with Gasteiger partial charge in [0, 0.05) is 12.0 Å². The Labute approximate surface area is 85.5 Å². The maximum absolute atomic E-state index is 12.1. The van der Waals surface area contributed by atoms with Gasteiger partial charge in [0.15, 0.2) is 5.60 Å². The first-order valence-electron chi connectivity index (χ1n) is 4.19. The maximum atomic E-state index is 12.1. The van der Waals surface area contributed by atoms with Crippen LogP contribution in [0.1, 0.15) is 20.3 Å². The Balaban J connectivity index is 4.07. The van der Waals surface area contributed by atoms with Crippen molar-refractivity contribution >= 4 is 5.97 Å². The lowest BCUT2D eigenvalue weighted by molar-refractivity contribution is -0.257. The van der Waals surface area contributed by atoms with Crippen molar-refractivity contribution in [1.29, 1.82) is 0 Å². The largest absolute Gasteiger partial charge is 0.462 e. The predicted molar refractivity (Wildman–Crippen MR) is 47.1 cm³/mol. The minimum Gasteiger partial charge on any atom is -0.462 e. The van der Waals surface area contributed by atoms with Gasteiger partial charge in [0.2, 0.25) is 0 Å². The van der Waals surface area contributed by atoms with E-state index in [1.165, 1.54) is 6.92 Å². The van der Waals surface area contributed by atoms with Gasteiger partial charge < -0.3 is 9.84 Å². The van der Waals surface area contributed by atoms with Gasteiger partial charge in [-0.15, -0.1) is 0 Å². The second-order valence-electron chi connectivity index (χ2n) is 3.44. The quantitative estimate of drug-likeness (QED) is 0.587. The second-order valence-corrected chi connectivity index (χ2v) is 3.44. The first kappa shape index (κ1) is 14.0. The number of ether oxygens (including phenoxy) is 1. The van der Waals surface area contributed by atoms with Crippen LogP contribution in [0.15, 0.2) is 12.2 Å². The van der Waals surface area contributed by atoms with E-state index in [1.807, 2.05) is 0 Å². The number of esters is 1. The van der Waals surface area contributed by atoms with Crippen LogP contribution in [0.25, 0.3) is 0 Å². The molecule has 0 aliphatic carbocycles. The van der Waals surface area contributed by atoms with Crippen molar-refractivity contribution in [3.05, 3.63) is 12.2 Å². The van der Waals surface area contributed by atoms with Gasteiger partial charge in [0.05, 0.1) is 6.61 Å². The molecule has 0 spiro atoms. The smallest absolute Gasteiger partial charge is 0.417 e. The third-order valence-corrected chi connectivity index (χ3v) is 1.78. The monoisotopic (exact) mass is 226 g/mol. The maximum Gasteiger partial charge on any atom is 0.417 e. The molecule has 1 unspecified atom stereocenters. The molecule has 0 aromatic heterocycles. The van der Waals surface area contributed by atoms with Gasteiger partial charge in [-0.25, -0.2) is 4.79 Å². The summed E-state index contributed by atoms with van der Waals surface area (Å²) >= 11 is 0. The Bertz CT molecular complexity index is 256. The zero-order chi connectivity index (χ0) is 12.3. The van der Waals surface area contributed by atoms with Crippen molar-refractivity contribution in [2.75, 3.05) is 6.61 Å². The van der Waals surface area contributed by atoms with Crippen LogP contribution in [0.5, 0.6) is 0 Å². The minimum absolute atomic E-state index is 0.0988. The number of carbonyl (C=O) groups excluding carboxylic acids is 1. The van der Waals surface area contributed by atoms with Crippen molar-refractivity contribution in [1.82, 2.24) is 0 Å². The van der Waals surface area contributed by atoms with Gasteiger partial charge in [-0.1, -0.05) is 6.58 Å². The number of aliphatic hydroxyl groups is 1. The van der Waals surface area contributed by atoms with Crippen LogP contribution in [0.2, 0.25) is 0 Å². The Hall–Kier alpha value is -1.04. The molecule has 0 saturated carbocycles. The molecule has 0 amide bonds. The molecule has 0 aromatic rings. The topological polar surface area (TPSA) is 46.5 Å². The van der Waals surface area contributed by atoms with Crippen LogP contribution in [0.3, 0.4) is 0 Å². The first-order chi connectivity index (χ1) is 6.58. The molecule has 1 atom stereocenters. The Morgan fingerprint density at radius 1 is 1.47 bits per heavy atom. The highest BCUT2D eigenvalue weighted by atomic mass is 19.4. The van der Waals surface area contributed by atoms with Gasteiger partial charge in [-0.05, 0) is 13.8 Å². The van der Waals surface area contributed by atoms with Crippen LogP contribution in [-0.4, -0.2) is 29.5 Å². The summed E-state index contributed by atoms with van der Waals surface area (Å²) in [5.74, 6) is -0.770. The van der Waals surface area contributed by atoms with E-state index < -0.39 is 30.8 Å². The number of halogens is 3. The first-order valence-corrected chi connectivity index (χ1v) is 4.19. The van der Waals surface area contributed by atoms with Gasteiger partial charge in [0.1, 0.15) is 0 Å². The predicted octanol–water partition coefficient (Wildman–Crippen LogP) is 1.81. The summed E-state index contributed by atoms with van der Waals surface area (Å²) in [7, 11) is 0. The van der Waals surface area contributed by atoms with Crippen LogP contribution in [-0.2, 0) is 9.53 Å². The summed E-state index contributed by atoms with van der Waals surface area (Å²) in [4.78, 5) is 10.8. The summed E-state index contributed by atoms with van der Waals surface area (Å²) in [6, 6.07) is 0. The molecule has 1 N–H and O–H groups in total. The lowest BCUT2D eigenvalue weighted by atomic mass is 10.0. The fraction of sp³-hybridized carbons (Fsp3) is 0.667. The van der Waals surface area contributed by atoms with Crippen molar-refractivity contribution in [3.63, 3.8) is 0 Å². The molecule has 0 rings (SSSR count). The summed E-state index contributed by atoms with van der Waals surface area (Å²) in [5.41, 5.74) is -2.75. The van der Waals surface area contributed by atoms with Crippen LogP contribution in [0.4, 0.5) is 13.2 Å². The van der Waals surface area contributed by atoms with E-state index >= 15 is 0 Å². The van der Waals surface area contributed by atoms with Gasteiger partial charge in [0.25, 0.3) is 0 Å². The van der Waals surface area contributed by atoms with E-state index in [0.29, 0.717) is 6.92 Å². The molecule has 0 bridgehead atoms. The highest BCUT2D eigenvalue weighted by Gasteiger charge is 2.49. The zero-order valence-electron chi connectivity index (χ0n) is 8.52. The van der Waals surface area contributed by atoms with Crippen molar-refractivity contribution < 1.29 is 27.8 Å². The molecule has 0 heterocycles. The van der Waals surface area contributed by atoms with Gasteiger partial charge in [-0.3, -0.25) is 0 Å². The van der Waals surface area contributed by atoms with Crippen LogP contribution >= 0.6 is 0 Å². The molecule has 0 radical (unpaired) electrons. The van der Waals surface area contributed by atoms with Crippen molar-refractivity contribution in [2.45, 2.75) is 32.0 Å². The zero-order valence-corrected chi connectivity index (χ0v) is 8.52. The number of hydrogen-bond donors (Lipinski definition) is 1. The number of alkyl halides is 3. The summed E-state index contributed by atoms with van der Waals surface area (Å²) in [5, 5.41) is 8.96.